The van der Waals surface area contributed by atoms with Crippen LogP contribution in [0.2, 0.25) is 0 Å². The zero-order valence-electron chi connectivity index (χ0n) is 16.1. The predicted octanol–water partition coefficient (Wildman–Crippen LogP) is 2.20. The van der Waals surface area contributed by atoms with Gasteiger partial charge in [-0.3, -0.25) is 14.6 Å². The van der Waals surface area contributed by atoms with Gasteiger partial charge in [-0.25, -0.2) is 0 Å². The summed E-state index contributed by atoms with van der Waals surface area (Å²) in [5.41, 5.74) is 2.76. The molecule has 8 heteroatoms. The maximum Gasteiger partial charge on any atom is 0.236 e. The van der Waals surface area contributed by atoms with Crippen molar-refractivity contribution in [2.45, 2.75) is 19.9 Å². The molecular weight excluding hydrogens is 407 g/mol. The summed E-state index contributed by atoms with van der Waals surface area (Å²) < 4.78 is 0. The molecule has 0 aromatic heterocycles. The van der Waals surface area contributed by atoms with Crippen LogP contribution in [-0.2, 0) is 11.3 Å². The summed E-state index contributed by atoms with van der Waals surface area (Å²) in [5.74, 6) is 0.301. The Labute approximate surface area is 182 Å². The Hall–Kier alpha value is -0.560. The zero-order chi connectivity index (χ0) is 16.8. The molecule has 0 saturated carbocycles. The lowest BCUT2D eigenvalue weighted by Gasteiger charge is -2.29. The molecule has 2 heterocycles. The van der Waals surface area contributed by atoms with Gasteiger partial charge in [0.1, 0.15) is 0 Å². The summed E-state index contributed by atoms with van der Waals surface area (Å²) in [6, 6.07) is 8.60. The maximum absolute atomic E-state index is 12.6. The molecule has 1 aromatic carbocycles. The first-order valence-electron chi connectivity index (χ1n) is 9.20. The van der Waals surface area contributed by atoms with E-state index in [2.05, 4.69) is 51.2 Å². The summed E-state index contributed by atoms with van der Waals surface area (Å²) >= 11 is 0. The second-order valence-electron chi connectivity index (χ2n) is 6.96. The Bertz CT molecular complexity index is 556. The number of aryl methyl sites for hydroxylation is 1. The van der Waals surface area contributed by atoms with Gasteiger partial charge in [0.25, 0.3) is 0 Å². The Morgan fingerprint density at radius 3 is 2.33 bits per heavy atom. The highest BCUT2D eigenvalue weighted by Gasteiger charge is 2.22. The maximum atomic E-state index is 12.6. The van der Waals surface area contributed by atoms with Crippen molar-refractivity contribution >= 4 is 43.1 Å². The van der Waals surface area contributed by atoms with E-state index in [-0.39, 0.29) is 37.2 Å². The summed E-state index contributed by atoms with van der Waals surface area (Å²) in [6.07, 6.45) is 1.07. The molecule has 0 aliphatic carbocycles. The minimum Gasteiger partial charge on any atom is -0.340 e. The Morgan fingerprint density at radius 1 is 0.926 bits per heavy atom. The second-order valence-corrected chi connectivity index (χ2v) is 6.96. The minimum atomic E-state index is 0. The van der Waals surface area contributed by atoms with Gasteiger partial charge in [-0.2, -0.15) is 0 Å². The van der Waals surface area contributed by atoms with Crippen LogP contribution in [0.25, 0.3) is 0 Å². The Kier molecular flexibility index (Phi) is 13.3. The smallest absolute Gasteiger partial charge is 0.236 e. The van der Waals surface area contributed by atoms with Crippen LogP contribution in [0.1, 0.15) is 17.5 Å². The average molecular weight is 440 g/mol. The van der Waals surface area contributed by atoms with Crippen molar-refractivity contribution in [3.63, 3.8) is 0 Å². The number of halogens is 3. The SMILES string of the molecule is Cc1ccccc1CN1CCCN(C(=O)CN2CCNCC2)CC1.Cl.Cl.Cl. The fraction of sp³-hybridized carbons (Fsp3) is 0.632. The molecule has 1 aromatic rings. The van der Waals surface area contributed by atoms with Gasteiger partial charge in [0.15, 0.2) is 0 Å². The fourth-order valence-corrected chi connectivity index (χ4v) is 3.57. The molecule has 27 heavy (non-hydrogen) atoms. The van der Waals surface area contributed by atoms with E-state index >= 15 is 0 Å². The third-order valence-electron chi connectivity index (χ3n) is 5.16. The molecule has 2 aliphatic heterocycles. The number of carbonyl (C=O) groups is 1. The van der Waals surface area contributed by atoms with Gasteiger partial charge in [0, 0.05) is 58.9 Å². The van der Waals surface area contributed by atoms with E-state index in [4.69, 9.17) is 0 Å². The second kappa shape index (κ2) is 13.6. The molecule has 0 atom stereocenters. The van der Waals surface area contributed by atoms with Crippen molar-refractivity contribution < 1.29 is 4.79 Å². The van der Waals surface area contributed by atoms with Gasteiger partial charge >= 0.3 is 0 Å². The van der Waals surface area contributed by atoms with Gasteiger partial charge in [-0.1, -0.05) is 24.3 Å². The summed E-state index contributed by atoms with van der Waals surface area (Å²) in [7, 11) is 0. The molecule has 1 N–H and O–H groups in total. The van der Waals surface area contributed by atoms with Crippen molar-refractivity contribution in [3.8, 4) is 0 Å². The number of nitrogens with one attached hydrogen (secondary N) is 1. The van der Waals surface area contributed by atoms with Crippen molar-refractivity contribution in [1.29, 1.82) is 0 Å². The minimum absolute atomic E-state index is 0. The number of carbonyl (C=O) groups excluding carboxylic acids is 1. The predicted molar refractivity (Wildman–Crippen MR) is 119 cm³/mol. The lowest BCUT2D eigenvalue weighted by atomic mass is 10.1. The lowest BCUT2D eigenvalue weighted by molar-refractivity contribution is -0.132. The number of amides is 1. The Morgan fingerprint density at radius 2 is 1.63 bits per heavy atom. The summed E-state index contributed by atoms with van der Waals surface area (Å²) in [4.78, 5) is 19.4. The van der Waals surface area contributed by atoms with Crippen LogP contribution in [0.15, 0.2) is 24.3 Å². The molecule has 3 rings (SSSR count). The van der Waals surface area contributed by atoms with Crippen molar-refractivity contribution in [1.82, 2.24) is 20.0 Å². The van der Waals surface area contributed by atoms with E-state index in [1.807, 2.05) is 0 Å². The van der Waals surface area contributed by atoms with Crippen LogP contribution in [0.3, 0.4) is 0 Å². The zero-order valence-corrected chi connectivity index (χ0v) is 18.5. The molecule has 156 valence electrons. The van der Waals surface area contributed by atoms with Crippen molar-refractivity contribution in [2.75, 3.05) is 58.9 Å². The van der Waals surface area contributed by atoms with E-state index < -0.39 is 0 Å². The molecule has 2 aliphatic rings. The molecule has 0 bridgehead atoms. The molecule has 5 nitrogen and oxygen atoms in total. The Balaban J connectivity index is 0.00000225. The largest absolute Gasteiger partial charge is 0.340 e. The highest BCUT2D eigenvalue weighted by atomic mass is 35.5. The van der Waals surface area contributed by atoms with E-state index in [0.29, 0.717) is 12.5 Å². The molecular formula is C19H33Cl3N4O. The third-order valence-corrected chi connectivity index (χ3v) is 5.16. The normalized spacial score (nSPS) is 18.5. The highest BCUT2D eigenvalue weighted by Crippen LogP contribution is 2.13. The average Bonchev–Trinajstić information content (AvgIpc) is 2.84. The van der Waals surface area contributed by atoms with Crippen LogP contribution in [0.5, 0.6) is 0 Å². The highest BCUT2D eigenvalue weighted by molar-refractivity contribution is 5.86. The first kappa shape index (κ1) is 26.4. The molecule has 2 fully saturated rings. The fourth-order valence-electron chi connectivity index (χ4n) is 3.57. The summed E-state index contributed by atoms with van der Waals surface area (Å²) in [5, 5.41) is 3.34. The van der Waals surface area contributed by atoms with Crippen molar-refractivity contribution in [3.05, 3.63) is 35.4 Å². The van der Waals surface area contributed by atoms with Crippen LogP contribution in [-0.4, -0.2) is 79.5 Å². The van der Waals surface area contributed by atoms with Gasteiger partial charge in [0.05, 0.1) is 6.54 Å². The molecule has 0 unspecified atom stereocenters. The van der Waals surface area contributed by atoms with E-state index in [9.17, 15) is 4.79 Å². The number of nitrogens with zero attached hydrogens (tertiary/aromatic N) is 3. The number of rotatable bonds is 4. The van der Waals surface area contributed by atoms with E-state index in [1.165, 1.54) is 11.1 Å². The number of benzene rings is 1. The number of hydrogen-bond donors (Lipinski definition) is 1. The molecule has 2 saturated heterocycles. The first-order chi connectivity index (χ1) is 11.7. The lowest BCUT2D eigenvalue weighted by Crippen LogP contribution is -2.48. The van der Waals surface area contributed by atoms with Crippen LogP contribution < -0.4 is 5.32 Å². The topological polar surface area (TPSA) is 38.8 Å². The standard InChI is InChI=1S/C19H30N4O.3ClH/c1-17-5-2-3-6-18(17)15-21-9-4-10-23(14-13-21)19(24)16-22-11-7-20-8-12-22;;;/h2-3,5-6,20H,4,7-16H2,1H3;3*1H. The monoisotopic (exact) mass is 438 g/mol. The molecule has 0 radical (unpaired) electrons. The van der Waals surface area contributed by atoms with Gasteiger partial charge in [-0.05, 0) is 24.5 Å². The van der Waals surface area contributed by atoms with Gasteiger partial charge < -0.3 is 10.2 Å². The van der Waals surface area contributed by atoms with Gasteiger partial charge in [-0.15, -0.1) is 37.2 Å². The van der Waals surface area contributed by atoms with E-state index in [1.54, 1.807) is 0 Å². The van der Waals surface area contributed by atoms with Crippen molar-refractivity contribution in [2.24, 2.45) is 0 Å². The third kappa shape index (κ3) is 8.14. The summed E-state index contributed by atoms with van der Waals surface area (Å²) in [6.45, 7) is 11.5. The van der Waals surface area contributed by atoms with Crippen LogP contribution >= 0.6 is 37.2 Å². The van der Waals surface area contributed by atoms with Gasteiger partial charge in [0.2, 0.25) is 5.91 Å². The van der Waals surface area contributed by atoms with Crippen LogP contribution in [0, 0.1) is 6.92 Å². The van der Waals surface area contributed by atoms with E-state index in [0.717, 1.165) is 65.3 Å². The molecule has 1 amide bonds. The first-order valence-corrected chi connectivity index (χ1v) is 9.20. The van der Waals surface area contributed by atoms with Crippen LogP contribution in [0.4, 0.5) is 0 Å². The number of hydrogen-bond acceptors (Lipinski definition) is 4. The number of piperazine rings is 1. The quantitative estimate of drug-likeness (QED) is 0.780. The molecule has 0 spiro atoms.